The van der Waals surface area contributed by atoms with E-state index in [0.717, 1.165) is 28.3 Å². The molecule has 3 aromatic rings. The fraction of sp³-hybridized carbons (Fsp3) is 0.0952. The van der Waals surface area contributed by atoms with Crippen molar-refractivity contribution in [2.75, 3.05) is 12.4 Å². The molecule has 4 rings (SSSR count). The van der Waals surface area contributed by atoms with Crippen LogP contribution in [0.3, 0.4) is 0 Å². The molecule has 0 saturated carbocycles. The summed E-state index contributed by atoms with van der Waals surface area (Å²) in [5.41, 5.74) is 3.54. The van der Waals surface area contributed by atoms with Crippen molar-refractivity contribution in [3.63, 3.8) is 0 Å². The minimum absolute atomic E-state index is 0.299. The second-order valence-corrected chi connectivity index (χ2v) is 5.83. The first-order valence-corrected chi connectivity index (χ1v) is 8.07. The zero-order valence-electron chi connectivity index (χ0n) is 13.7. The maximum atomic E-state index is 13.0. The molecule has 1 aliphatic rings. The molecule has 1 N–H and O–H groups in total. The van der Waals surface area contributed by atoms with Crippen LogP contribution in [0.15, 0.2) is 72.8 Å². The Morgan fingerprint density at radius 2 is 1.56 bits per heavy atom. The van der Waals surface area contributed by atoms with Crippen molar-refractivity contribution in [1.82, 2.24) is 0 Å². The number of anilines is 2. The Labute approximate surface area is 146 Å². The number of hydrogen-bond donors (Lipinski definition) is 1. The molecule has 4 nitrogen and oxygen atoms in total. The summed E-state index contributed by atoms with van der Waals surface area (Å²) < 4.78 is 10.9. The van der Waals surface area contributed by atoms with Crippen LogP contribution in [-0.2, 0) is 4.79 Å². The Hall–Kier alpha value is -3.27. The zero-order valence-corrected chi connectivity index (χ0v) is 13.7. The van der Waals surface area contributed by atoms with Gasteiger partial charge in [0.1, 0.15) is 17.4 Å². The third-order valence-electron chi connectivity index (χ3n) is 4.31. The first-order valence-electron chi connectivity index (χ1n) is 8.07. The number of fused-ring (bicyclic) bond motifs is 2. The van der Waals surface area contributed by atoms with E-state index >= 15 is 0 Å². The van der Waals surface area contributed by atoms with Gasteiger partial charge < -0.3 is 14.8 Å². The molecule has 124 valence electrons. The summed E-state index contributed by atoms with van der Waals surface area (Å²) in [6.45, 7) is 0. The van der Waals surface area contributed by atoms with Crippen LogP contribution in [0.1, 0.15) is 17.0 Å². The van der Waals surface area contributed by atoms with Gasteiger partial charge in [-0.25, -0.2) is 0 Å². The van der Waals surface area contributed by atoms with Crippen molar-refractivity contribution in [3.8, 4) is 11.5 Å². The quantitative estimate of drug-likeness (QED) is 0.567. The van der Waals surface area contributed by atoms with E-state index < -0.39 is 5.92 Å². The van der Waals surface area contributed by atoms with Crippen molar-refractivity contribution in [2.45, 2.75) is 5.92 Å². The Balaban J connectivity index is 1.77. The Morgan fingerprint density at radius 1 is 0.840 bits per heavy atom. The fourth-order valence-electron chi connectivity index (χ4n) is 3.12. The molecule has 0 amide bonds. The molecule has 1 unspecified atom stereocenters. The predicted octanol–water partition coefficient (Wildman–Crippen LogP) is 4.49. The highest BCUT2D eigenvalue weighted by Crippen LogP contribution is 2.43. The minimum Gasteiger partial charge on any atom is -0.497 e. The van der Waals surface area contributed by atoms with E-state index in [4.69, 9.17) is 9.47 Å². The maximum absolute atomic E-state index is 13.0. The lowest BCUT2D eigenvalue weighted by atomic mass is 9.86. The lowest BCUT2D eigenvalue weighted by Gasteiger charge is -2.28. The summed E-state index contributed by atoms with van der Waals surface area (Å²) >= 11 is 0. The molecular formula is C21H17NO3. The van der Waals surface area contributed by atoms with Crippen LogP contribution in [0.5, 0.6) is 11.5 Å². The number of carbonyl (C=O) groups excluding carboxylic acids is 1. The van der Waals surface area contributed by atoms with Gasteiger partial charge in [0, 0.05) is 17.4 Å². The number of ether oxygens (including phenoxy) is 2. The molecule has 0 fully saturated rings. The molecule has 0 aliphatic carbocycles. The molecule has 25 heavy (non-hydrogen) atoms. The SMILES string of the molecule is COc1ccc2c(c1)Nc1ccccc1C2C(=O)Oc1ccccc1. The standard InChI is InChI=1S/C21H17NO3/c1-24-15-11-12-17-19(13-15)22-18-10-6-5-9-16(18)20(17)21(23)25-14-7-3-2-4-8-14/h2-13,20,22H,1H3. The van der Waals surface area contributed by atoms with Gasteiger partial charge in [-0.3, -0.25) is 4.79 Å². The smallest absolute Gasteiger partial charge is 0.323 e. The van der Waals surface area contributed by atoms with Gasteiger partial charge in [0.25, 0.3) is 0 Å². The summed E-state index contributed by atoms with van der Waals surface area (Å²) in [5.74, 6) is 0.490. The van der Waals surface area contributed by atoms with Crippen LogP contribution >= 0.6 is 0 Å². The third-order valence-corrected chi connectivity index (χ3v) is 4.31. The highest BCUT2D eigenvalue weighted by molar-refractivity contribution is 5.92. The first-order chi connectivity index (χ1) is 12.3. The summed E-state index contributed by atoms with van der Waals surface area (Å²) in [6.07, 6.45) is 0. The van der Waals surface area contributed by atoms with Crippen molar-refractivity contribution in [3.05, 3.63) is 83.9 Å². The number of hydrogen-bond acceptors (Lipinski definition) is 4. The number of benzene rings is 3. The third kappa shape index (κ3) is 2.83. The number of methoxy groups -OCH3 is 1. The highest BCUT2D eigenvalue weighted by Gasteiger charge is 2.32. The van der Waals surface area contributed by atoms with Crippen LogP contribution in [0.4, 0.5) is 11.4 Å². The number of carbonyl (C=O) groups is 1. The summed E-state index contributed by atoms with van der Waals surface area (Å²) in [5, 5.41) is 3.38. The van der Waals surface area contributed by atoms with Crippen LogP contribution in [0.25, 0.3) is 0 Å². The van der Waals surface area contributed by atoms with Crippen LogP contribution in [0, 0.1) is 0 Å². The van der Waals surface area contributed by atoms with E-state index in [0.29, 0.717) is 5.75 Å². The average molecular weight is 331 g/mol. The summed E-state index contributed by atoms with van der Waals surface area (Å²) in [7, 11) is 1.62. The van der Waals surface area contributed by atoms with Gasteiger partial charge in [-0.15, -0.1) is 0 Å². The van der Waals surface area contributed by atoms with E-state index in [2.05, 4.69) is 5.32 Å². The molecular weight excluding hydrogens is 314 g/mol. The molecule has 0 aromatic heterocycles. The normalized spacial score (nSPS) is 14.7. The van der Waals surface area contributed by atoms with E-state index in [1.165, 1.54) is 0 Å². The van der Waals surface area contributed by atoms with Crippen molar-refractivity contribution in [1.29, 1.82) is 0 Å². The second kappa shape index (κ2) is 6.32. The minimum atomic E-state index is -0.487. The molecule has 0 radical (unpaired) electrons. The van der Waals surface area contributed by atoms with Gasteiger partial charge >= 0.3 is 5.97 Å². The predicted molar refractivity (Wildman–Crippen MR) is 96.6 cm³/mol. The topological polar surface area (TPSA) is 47.6 Å². The van der Waals surface area contributed by atoms with Gasteiger partial charge in [0.05, 0.1) is 7.11 Å². The Bertz CT molecular complexity index is 921. The van der Waals surface area contributed by atoms with Crippen molar-refractivity contribution >= 4 is 17.3 Å². The molecule has 0 spiro atoms. The molecule has 0 bridgehead atoms. The molecule has 1 aliphatic heterocycles. The van der Waals surface area contributed by atoms with Gasteiger partial charge in [-0.2, -0.15) is 0 Å². The van der Waals surface area contributed by atoms with E-state index in [1.54, 1.807) is 19.2 Å². The number of nitrogens with one attached hydrogen (secondary N) is 1. The lowest BCUT2D eigenvalue weighted by Crippen LogP contribution is -2.24. The van der Waals surface area contributed by atoms with E-state index in [-0.39, 0.29) is 5.97 Å². The van der Waals surface area contributed by atoms with E-state index in [1.807, 2.05) is 60.7 Å². The van der Waals surface area contributed by atoms with Crippen molar-refractivity contribution in [2.24, 2.45) is 0 Å². The largest absolute Gasteiger partial charge is 0.497 e. The van der Waals surface area contributed by atoms with Crippen molar-refractivity contribution < 1.29 is 14.3 Å². The zero-order chi connectivity index (χ0) is 17.2. The van der Waals surface area contributed by atoms with Gasteiger partial charge in [-0.1, -0.05) is 42.5 Å². The molecule has 4 heteroatoms. The van der Waals surface area contributed by atoms with Gasteiger partial charge in [0.15, 0.2) is 0 Å². The molecule has 3 aromatic carbocycles. The lowest BCUT2D eigenvalue weighted by molar-refractivity contribution is -0.135. The Kier molecular flexibility index (Phi) is 3.86. The number of para-hydroxylation sites is 2. The fourth-order valence-corrected chi connectivity index (χ4v) is 3.12. The second-order valence-electron chi connectivity index (χ2n) is 5.83. The van der Waals surface area contributed by atoms with Gasteiger partial charge in [-0.05, 0) is 35.4 Å². The van der Waals surface area contributed by atoms with Crippen LogP contribution in [-0.4, -0.2) is 13.1 Å². The highest BCUT2D eigenvalue weighted by atomic mass is 16.5. The van der Waals surface area contributed by atoms with E-state index in [9.17, 15) is 4.79 Å². The molecule has 1 heterocycles. The van der Waals surface area contributed by atoms with Crippen LogP contribution < -0.4 is 14.8 Å². The number of rotatable bonds is 3. The molecule has 0 saturated heterocycles. The summed E-state index contributed by atoms with van der Waals surface area (Å²) in [6, 6.07) is 22.6. The van der Waals surface area contributed by atoms with Gasteiger partial charge in [0.2, 0.25) is 0 Å². The Morgan fingerprint density at radius 3 is 2.36 bits per heavy atom. The number of esters is 1. The van der Waals surface area contributed by atoms with Crippen LogP contribution in [0.2, 0.25) is 0 Å². The molecule has 1 atom stereocenters. The maximum Gasteiger partial charge on any atom is 0.323 e. The monoisotopic (exact) mass is 331 g/mol. The summed E-state index contributed by atoms with van der Waals surface area (Å²) in [4.78, 5) is 13.0. The first kappa shape index (κ1) is 15.3. The average Bonchev–Trinajstić information content (AvgIpc) is 2.66.